The number of H-pyrrole nitrogens is 1. The number of amides is 1. The highest BCUT2D eigenvalue weighted by Gasteiger charge is 2.12. The third kappa shape index (κ3) is 3.78. The first-order valence-electron chi connectivity index (χ1n) is 9.27. The van der Waals surface area contributed by atoms with E-state index in [4.69, 9.17) is 0 Å². The van der Waals surface area contributed by atoms with Crippen molar-refractivity contribution in [3.8, 4) is 5.69 Å². The van der Waals surface area contributed by atoms with Gasteiger partial charge in [-0.25, -0.2) is 15.0 Å². The zero-order valence-electron chi connectivity index (χ0n) is 15.7. The molecule has 5 rings (SSSR count). The smallest absolute Gasteiger partial charge is 0.271 e. The van der Waals surface area contributed by atoms with E-state index in [9.17, 15) is 4.79 Å². The van der Waals surface area contributed by atoms with Crippen LogP contribution in [0.15, 0.2) is 72.6 Å². The van der Waals surface area contributed by atoms with Crippen LogP contribution in [0.2, 0.25) is 0 Å². The van der Waals surface area contributed by atoms with E-state index in [1.165, 1.54) is 11.3 Å². The summed E-state index contributed by atoms with van der Waals surface area (Å²) in [5.74, 6) is 0.464. The standard InChI is InChI=1S/C21H17N7OS/c29-20(23-11-19-25-16-3-1-2-4-17(16)26-19)18-12-30-21(27-18)24-14-5-7-15(8-6-14)28-10-9-22-13-28/h1-10,12-13H,11H2,(H,23,29)(H,24,27)(H,25,26). The van der Waals surface area contributed by atoms with Crippen molar-refractivity contribution < 1.29 is 4.79 Å². The van der Waals surface area contributed by atoms with E-state index in [2.05, 4.69) is 30.6 Å². The largest absolute Gasteiger partial charge is 0.343 e. The van der Waals surface area contributed by atoms with Crippen LogP contribution in [0.5, 0.6) is 0 Å². The quantitative estimate of drug-likeness (QED) is 0.391. The third-order valence-electron chi connectivity index (χ3n) is 4.51. The number of carbonyl (C=O) groups excluding carboxylic acids is 1. The van der Waals surface area contributed by atoms with E-state index in [-0.39, 0.29) is 5.91 Å². The molecule has 0 bridgehead atoms. The molecule has 0 atom stereocenters. The van der Waals surface area contributed by atoms with E-state index < -0.39 is 0 Å². The minimum Gasteiger partial charge on any atom is -0.343 e. The lowest BCUT2D eigenvalue weighted by molar-refractivity contribution is 0.0946. The first-order valence-corrected chi connectivity index (χ1v) is 10.2. The fraction of sp³-hybridized carbons (Fsp3) is 0.0476. The molecule has 9 heteroatoms. The maximum absolute atomic E-state index is 12.4. The molecule has 0 saturated carbocycles. The normalized spacial score (nSPS) is 10.9. The second kappa shape index (κ2) is 7.80. The minimum absolute atomic E-state index is 0.241. The molecule has 30 heavy (non-hydrogen) atoms. The Kier molecular flexibility index (Phi) is 4.70. The van der Waals surface area contributed by atoms with Crippen LogP contribution in [0.4, 0.5) is 10.8 Å². The van der Waals surface area contributed by atoms with E-state index in [1.54, 1.807) is 17.9 Å². The molecule has 148 valence electrons. The summed E-state index contributed by atoms with van der Waals surface area (Å²) >= 11 is 1.38. The molecule has 0 unspecified atom stereocenters. The number of hydrogen-bond donors (Lipinski definition) is 3. The van der Waals surface area contributed by atoms with Gasteiger partial charge in [-0.05, 0) is 36.4 Å². The number of imidazole rings is 2. The first kappa shape index (κ1) is 18.1. The van der Waals surface area contributed by atoms with Gasteiger partial charge in [0.05, 0.1) is 23.9 Å². The lowest BCUT2D eigenvalue weighted by Gasteiger charge is -2.05. The molecule has 0 radical (unpaired) electrons. The number of aromatic nitrogens is 5. The molecule has 3 heterocycles. The molecular formula is C21H17N7OS. The number of carbonyl (C=O) groups is 1. The van der Waals surface area contributed by atoms with Crippen molar-refractivity contribution >= 4 is 39.1 Å². The molecular weight excluding hydrogens is 398 g/mol. The van der Waals surface area contributed by atoms with Crippen molar-refractivity contribution in [3.63, 3.8) is 0 Å². The molecule has 3 aromatic heterocycles. The average Bonchev–Trinajstić information content (AvgIpc) is 3.52. The van der Waals surface area contributed by atoms with Crippen LogP contribution in [0, 0.1) is 0 Å². The Balaban J connectivity index is 1.21. The number of thiazole rings is 1. The highest BCUT2D eigenvalue weighted by molar-refractivity contribution is 7.14. The lowest BCUT2D eigenvalue weighted by Crippen LogP contribution is -2.23. The summed E-state index contributed by atoms with van der Waals surface area (Å²) in [4.78, 5) is 28.5. The number of fused-ring (bicyclic) bond motifs is 1. The third-order valence-corrected chi connectivity index (χ3v) is 5.27. The van der Waals surface area contributed by atoms with E-state index in [1.807, 2.05) is 59.3 Å². The number of nitrogens with one attached hydrogen (secondary N) is 3. The molecule has 2 aromatic carbocycles. The Morgan fingerprint density at radius 2 is 1.97 bits per heavy atom. The second-order valence-electron chi connectivity index (χ2n) is 6.56. The predicted molar refractivity (Wildman–Crippen MR) is 116 cm³/mol. The van der Waals surface area contributed by atoms with Crippen LogP contribution in [-0.4, -0.2) is 30.4 Å². The number of aromatic amines is 1. The van der Waals surface area contributed by atoms with Gasteiger partial charge in [0, 0.05) is 29.1 Å². The minimum atomic E-state index is -0.241. The van der Waals surface area contributed by atoms with Gasteiger partial charge in [0.25, 0.3) is 5.91 Å². The zero-order chi connectivity index (χ0) is 20.3. The van der Waals surface area contributed by atoms with Gasteiger partial charge in [0.15, 0.2) is 5.13 Å². The summed E-state index contributed by atoms with van der Waals surface area (Å²) in [6, 6.07) is 15.6. The van der Waals surface area contributed by atoms with Crippen LogP contribution < -0.4 is 10.6 Å². The van der Waals surface area contributed by atoms with Crippen LogP contribution in [-0.2, 0) is 6.54 Å². The van der Waals surface area contributed by atoms with Crippen molar-refractivity contribution in [1.82, 2.24) is 29.8 Å². The molecule has 0 aliphatic carbocycles. The van der Waals surface area contributed by atoms with Gasteiger partial charge in [-0.2, -0.15) is 0 Å². The number of nitrogens with zero attached hydrogens (tertiary/aromatic N) is 4. The number of benzene rings is 2. The van der Waals surface area contributed by atoms with Crippen molar-refractivity contribution in [1.29, 1.82) is 0 Å². The summed E-state index contributed by atoms with van der Waals surface area (Å²) in [6.07, 6.45) is 5.38. The number of para-hydroxylation sites is 2. The maximum Gasteiger partial charge on any atom is 0.271 e. The molecule has 1 amide bonds. The summed E-state index contributed by atoms with van der Waals surface area (Å²) in [5.41, 5.74) is 4.10. The van der Waals surface area contributed by atoms with Crippen molar-refractivity contribution in [2.75, 3.05) is 5.32 Å². The Morgan fingerprint density at radius 3 is 2.77 bits per heavy atom. The monoisotopic (exact) mass is 415 g/mol. The van der Waals surface area contributed by atoms with Gasteiger partial charge < -0.3 is 20.2 Å². The number of hydrogen-bond acceptors (Lipinski definition) is 6. The average molecular weight is 415 g/mol. The molecule has 8 nitrogen and oxygen atoms in total. The summed E-state index contributed by atoms with van der Waals surface area (Å²) in [7, 11) is 0. The summed E-state index contributed by atoms with van der Waals surface area (Å²) in [6.45, 7) is 0.309. The van der Waals surface area contributed by atoms with Gasteiger partial charge in [0.2, 0.25) is 0 Å². The molecule has 5 aromatic rings. The van der Waals surface area contributed by atoms with Gasteiger partial charge in [0.1, 0.15) is 11.5 Å². The molecule has 0 spiro atoms. The highest BCUT2D eigenvalue weighted by Crippen LogP contribution is 2.22. The fourth-order valence-corrected chi connectivity index (χ4v) is 3.74. The second-order valence-corrected chi connectivity index (χ2v) is 7.42. The predicted octanol–water partition coefficient (Wildman–Crippen LogP) is 3.88. The number of anilines is 2. The van der Waals surface area contributed by atoms with Crippen LogP contribution in [0.25, 0.3) is 16.7 Å². The molecule has 0 aliphatic heterocycles. The fourth-order valence-electron chi connectivity index (χ4n) is 3.03. The highest BCUT2D eigenvalue weighted by atomic mass is 32.1. The Hall–Kier alpha value is -3.98. The van der Waals surface area contributed by atoms with Gasteiger partial charge in [-0.15, -0.1) is 11.3 Å². The van der Waals surface area contributed by atoms with Gasteiger partial charge >= 0.3 is 0 Å². The Morgan fingerprint density at radius 1 is 1.10 bits per heavy atom. The van der Waals surface area contributed by atoms with Gasteiger partial charge in [-0.1, -0.05) is 12.1 Å². The Bertz CT molecular complexity index is 1260. The SMILES string of the molecule is O=C(NCc1nc2ccccc2[nH]1)c1csc(Nc2ccc(-n3ccnc3)cc2)n1. The first-order chi connectivity index (χ1) is 14.7. The van der Waals surface area contributed by atoms with E-state index in [0.29, 0.717) is 23.2 Å². The van der Waals surface area contributed by atoms with Crippen molar-refractivity contribution in [2.24, 2.45) is 0 Å². The van der Waals surface area contributed by atoms with E-state index >= 15 is 0 Å². The molecule has 3 N–H and O–H groups in total. The topological polar surface area (TPSA) is 101 Å². The van der Waals surface area contributed by atoms with Crippen molar-refractivity contribution in [3.05, 3.63) is 84.2 Å². The number of rotatable bonds is 6. The maximum atomic E-state index is 12.4. The van der Waals surface area contributed by atoms with Crippen molar-refractivity contribution in [2.45, 2.75) is 6.54 Å². The van der Waals surface area contributed by atoms with Crippen LogP contribution >= 0.6 is 11.3 Å². The molecule has 0 aliphatic rings. The summed E-state index contributed by atoms with van der Waals surface area (Å²) < 4.78 is 1.93. The van der Waals surface area contributed by atoms with E-state index in [0.717, 1.165) is 22.4 Å². The zero-order valence-corrected chi connectivity index (χ0v) is 16.6. The molecule has 0 saturated heterocycles. The molecule has 0 fully saturated rings. The van der Waals surface area contributed by atoms with Crippen LogP contribution in [0.1, 0.15) is 16.3 Å². The van der Waals surface area contributed by atoms with Gasteiger partial charge in [-0.3, -0.25) is 4.79 Å². The summed E-state index contributed by atoms with van der Waals surface area (Å²) in [5, 5.41) is 8.46. The lowest BCUT2D eigenvalue weighted by atomic mass is 10.3. The van der Waals surface area contributed by atoms with Crippen LogP contribution in [0.3, 0.4) is 0 Å². The Labute approximate surface area is 175 Å².